The first kappa shape index (κ1) is 12.3. The highest BCUT2D eigenvalue weighted by Crippen LogP contribution is 2.33. The van der Waals surface area contributed by atoms with Crippen LogP contribution in [0.4, 0.5) is 0 Å². The van der Waals surface area contributed by atoms with Gasteiger partial charge in [0.15, 0.2) is 0 Å². The predicted molar refractivity (Wildman–Crippen MR) is 78.0 cm³/mol. The molecule has 0 aliphatic heterocycles. The van der Waals surface area contributed by atoms with Gasteiger partial charge in [0.25, 0.3) is 0 Å². The second kappa shape index (κ2) is 4.75. The van der Waals surface area contributed by atoms with Crippen molar-refractivity contribution in [1.29, 1.82) is 5.26 Å². The van der Waals surface area contributed by atoms with E-state index in [9.17, 15) is 5.26 Å². The number of rotatable bonds is 2. The van der Waals surface area contributed by atoms with Gasteiger partial charge in [-0.3, -0.25) is 0 Å². The molecule has 0 spiro atoms. The van der Waals surface area contributed by atoms with Crippen LogP contribution in [0.1, 0.15) is 18.2 Å². The number of para-hydroxylation sites is 1. The first-order chi connectivity index (χ1) is 9.75. The van der Waals surface area contributed by atoms with Crippen LogP contribution in [0.15, 0.2) is 60.9 Å². The van der Waals surface area contributed by atoms with Crippen molar-refractivity contribution < 1.29 is 0 Å². The normalized spacial score (nSPS) is 13.6. The maximum absolute atomic E-state index is 9.74. The molecule has 3 heteroatoms. The zero-order chi connectivity index (χ0) is 14.0. The maximum Gasteiger partial charge on any atom is 0.122 e. The number of nitriles is 1. The van der Waals surface area contributed by atoms with Crippen LogP contribution in [-0.4, -0.2) is 9.97 Å². The van der Waals surface area contributed by atoms with Crippen molar-refractivity contribution in [3.63, 3.8) is 0 Å². The van der Waals surface area contributed by atoms with E-state index in [0.29, 0.717) is 0 Å². The molecule has 1 unspecified atom stereocenters. The Bertz CT molecular complexity index is 785. The third-order valence-corrected chi connectivity index (χ3v) is 3.59. The topological polar surface area (TPSA) is 49.6 Å². The molecule has 0 aliphatic rings. The van der Waals surface area contributed by atoms with Gasteiger partial charge in [-0.15, -0.1) is 0 Å². The van der Waals surface area contributed by atoms with Gasteiger partial charge in [-0.25, -0.2) is 9.97 Å². The Hall–Kier alpha value is -2.73. The van der Waals surface area contributed by atoms with E-state index < -0.39 is 5.41 Å². The van der Waals surface area contributed by atoms with Crippen LogP contribution in [0, 0.1) is 11.3 Å². The Morgan fingerprint density at radius 1 is 0.950 bits per heavy atom. The van der Waals surface area contributed by atoms with Crippen molar-refractivity contribution in [2.24, 2.45) is 0 Å². The van der Waals surface area contributed by atoms with Crippen molar-refractivity contribution in [1.82, 2.24) is 9.97 Å². The molecule has 3 aromatic rings. The Kier molecular flexibility index (Phi) is 2.92. The minimum atomic E-state index is -0.788. The van der Waals surface area contributed by atoms with E-state index in [1.165, 1.54) is 6.33 Å². The molecule has 3 nitrogen and oxygen atoms in total. The molecule has 0 saturated heterocycles. The summed E-state index contributed by atoms with van der Waals surface area (Å²) in [5, 5.41) is 10.7. The molecule has 0 saturated carbocycles. The zero-order valence-electron chi connectivity index (χ0n) is 11.1. The summed E-state index contributed by atoms with van der Waals surface area (Å²) in [6.07, 6.45) is 1.52. The number of hydrogen-bond acceptors (Lipinski definition) is 3. The molecule has 0 radical (unpaired) electrons. The Morgan fingerprint density at radius 3 is 2.40 bits per heavy atom. The summed E-state index contributed by atoms with van der Waals surface area (Å²) < 4.78 is 0. The Balaban J connectivity index is 2.31. The van der Waals surface area contributed by atoms with Gasteiger partial charge in [0, 0.05) is 5.39 Å². The van der Waals surface area contributed by atoms with Crippen molar-refractivity contribution in [3.05, 3.63) is 72.2 Å². The van der Waals surface area contributed by atoms with Gasteiger partial charge >= 0.3 is 0 Å². The summed E-state index contributed by atoms with van der Waals surface area (Å²) in [5.41, 5.74) is 1.75. The summed E-state index contributed by atoms with van der Waals surface area (Å²) in [6.45, 7) is 1.90. The standard InChI is InChI=1S/C17H13N3/c1-17(11-18,13-7-3-2-4-8-13)16-14-9-5-6-10-15(14)19-12-20-16/h2-10,12H,1H3. The summed E-state index contributed by atoms with van der Waals surface area (Å²) in [5.74, 6) is 0. The quantitative estimate of drug-likeness (QED) is 0.708. The fourth-order valence-electron chi connectivity index (χ4n) is 2.43. The van der Waals surface area contributed by atoms with E-state index in [2.05, 4.69) is 16.0 Å². The fourth-order valence-corrected chi connectivity index (χ4v) is 2.43. The average Bonchev–Trinajstić information content (AvgIpc) is 2.54. The zero-order valence-corrected chi connectivity index (χ0v) is 11.1. The van der Waals surface area contributed by atoms with Crippen LogP contribution < -0.4 is 0 Å². The second-order valence-electron chi connectivity index (χ2n) is 4.84. The van der Waals surface area contributed by atoms with Crippen LogP contribution >= 0.6 is 0 Å². The molecule has 1 heterocycles. The van der Waals surface area contributed by atoms with Crippen molar-refractivity contribution >= 4 is 10.9 Å². The van der Waals surface area contributed by atoms with E-state index in [4.69, 9.17) is 0 Å². The SMILES string of the molecule is CC(C#N)(c1ccccc1)c1ncnc2ccccc12. The Labute approximate surface area is 117 Å². The highest BCUT2D eigenvalue weighted by atomic mass is 14.8. The summed E-state index contributed by atoms with van der Waals surface area (Å²) in [7, 11) is 0. The number of benzene rings is 2. The number of aromatic nitrogens is 2. The molecule has 1 aromatic heterocycles. The first-order valence-corrected chi connectivity index (χ1v) is 6.43. The third kappa shape index (κ3) is 1.83. The van der Waals surface area contributed by atoms with E-state index >= 15 is 0 Å². The van der Waals surface area contributed by atoms with Crippen LogP contribution in [0.5, 0.6) is 0 Å². The molecule has 0 amide bonds. The number of nitrogens with zero attached hydrogens (tertiary/aromatic N) is 3. The van der Waals surface area contributed by atoms with Gasteiger partial charge in [-0.1, -0.05) is 48.5 Å². The summed E-state index contributed by atoms with van der Waals surface area (Å²) in [6, 6.07) is 19.9. The molecule has 0 aliphatic carbocycles. The number of hydrogen-bond donors (Lipinski definition) is 0. The van der Waals surface area contributed by atoms with Gasteiger partial charge in [-0.2, -0.15) is 5.26 Å². The molecule has 0 N–H and O–H groups in total. The maximum atomic E-state index is 9.74. The lowest BCUT2D eigenvalue weighted by molar-refractivity contribution is 0.715. The first-order valence-electron chi connectivity index (χ1n) is 6.43. The summed E-state index contributed by atoms with van der Waals surface area (Å²) in [4.78, 5) is 8.66. The average molecular weight is 259 g/mol. The third-order valence-electron chi connectivity index (χ3n) is 3.59. The summed E-state index contributed by atoms with van der Waals surface area (Å²) >= 11 is 0. The van der Waals surface area contributed by atoms with Gasteiger partial charge in [-0.05, 0) is 18.6 Å². The molecule has 3 rings (SSSR count). The van der Waals surface area contributed by atoms with Crippen LogP contribution in [-0.2, 0) is 5.41 Å². The molecule has 20 heavy (non-hydrogen) atoms. The molecule has 0 bridgehead atoms. The van der Waals surface area contributed by atoms with Crippen LogP contribution in [0.3, 0.4) is 0 Å². The van der Waals surface area contributed by atoms with Crippen LogP contribution in [0.25, 0.3) is 10.9 Å². The fraction of sp³-hybridized carbons (Fsp3) is 0.118. The molecular formula is C17H13N3. The van der Waals surface area contributed by atoms with Crippen molar-refractivity contribution in [2.75, 3.05) is 0 Å². The van der Waals surface area contributed by atoms with E-state index in [0.717, 1.165) is 22.2 Å². The minimum Gasteiger partial charge on any atom is -0.239 e. The van der Waals surface area contributed by atoms with Crippen molar-refractivity contribution in [3.8, 4) is 6.07 Å². The number of fused-ring (bicyclic) bond motifs is 1. The molecule has 2 aromatic carbocycles. The van der Waals surface area contributed by atoms with E-state index in [1.807, 2.05) is 61.5 Å². The van der Waals surface area contributed by atoms with Gasteiger partial charge in [0.1, 0.15) is 11.7 Å². The highest BCUT2D eigenvalue weighted by Gasteiger charge is 2.32. The van der Waals surface area contributed by atoms with Gasteiger partial charge in [0.05, 0.1) is 17.3 Å². The van der Waals surface area contributed by atoms with Crippen LogP contribution in [0.2, 0.25) is 0 Å². The molecule has 1 atom stereocenters. The lowest BCUT2D eigenvalue weighted by Crippen LogP contribution is -2.23. The lowest BCUT2D eigenvalue weighted by Gasteiger charge is -2.22. The predicted octanol–water partition coefficient (Wildman–Crippen LogP) is 3.46. The largest absolute Gasteiger partial charge is 0.239 e. The Morgan fingerprint density at radius 2 is 1.65 bits per heavy atom. The van der Waals surface area contributed by atoms with Crippen molar-refractivity contribution in [2.45, 2.75) is 12.3 Å². The minimum absolute atomic E-state index is 0.747. The second-order valence-corrected chi connectivity index (χ2v) is 4.84. The van der Waals surface area contributed by atoms with Gasteiger partial charge in [0.2, 0.25) is 0 Å². The molecule has 96 valence electrons. The lowest BCUT2D eigenvalue weighted by atomic mass is 9.79. The monoisotopic (exact) mass is 259 g/mol. The highest BCUT2D eigenvalue weighted by molar-refractivity contribution is 5.82. The smallest absolute Gasteiger partial charge is 0.122 e. The van der Waals surface area contributed by atoms with E-state index in [-0.39, 0.29) is 0 Å². The van der Waals surface area contributed by atoms with E-state index in [1.54, 1.807) is 0 Å². The molecular weight excluding hydrogens is 246 g/mol. The molecule has 0 fully saturated rings. The van der Waals surface area contributed by atoms with Gasteiger partial charge < -0.3 is 0 Å².